The van der Waals surface area contributed by atoms with E-state index in [4.69, 9.17) is 0 Å². The summed E-state index contributed by atoms with van der Waals surface area (Å²) in [5, 5.41) is 0. The zero-order chi connectivity index (χ0) is 0. The topological polar surface area (TPSA) is 0 Å². The maximum Gasteiger partial charge on any atom is 1.00 e. The first-order valence-electron chi connectivity index (χ1n) is 0. The van der Waals surface area contributed by atoms with Crippen LogP contribution in [0.15, 0.2) is 0 Å². The second kappa shape index (κ2) is 19.1. The molecule has 0 bridgehead atoms. The van der Waals surface area contributed by atoms with Crippen molar-refractivity contribution >= 4 is 12.4 Å². The van der Waals surface area contributed by atoms with Gasteiger partial charge in [-0.3, -0.25) is 0 Å². The Balaban J connectivity index is 0. The Morgan fingerprint density at radius 1 is 1.25 bits per heavy atom. The summed E-state index contributed by atoms with van der Waals surface area (Å²) in [6.45, 7) is 0. The maximum atomic E-state index is 0. The first kappa shape index (κ1) is 34.9. The van der Waals surface area contributed by atoms with Crippen LogP contribution >= 0.6 is 12.4 Å². The van der Waals surface area contributed by atoms with Crippen molar-refractivity contribution in [3.05, 3.63) is 0 Å². The van der Waals surface area contributed by atoms with Gasteiger partial charge >= 0.3 is 48.4 Å². The van der Waals surface area contributed by atoms with Crippen molar-refractivity contribution in [3.63, 3.8) is 0 Å². The second-order valence-electron chi connectivity index (χ2n) is 0. The van der Waals surface area contributed by atoms with E-state index < -0.39 is 0 Å². The van der Waals surface area contributed by atoms with E-state index in [9.17, 15) is 0 Å². The fourth-order valence-electron chi connectivity index (χ4n) is 0. The SMILES string of the molecule is Cl.[Cl-].[H-].[Li+].[Na+]. The summed E-state index contributed by atoms with van der Waals surface area (Å²) in [7, 11) is 0. The van der Waals surface area contributed by atoms with E-state index in [0.717, 1.165) is 0 Å². The molecule has 4 heavy (non-hydrogen) atoms. The van der Waals surface area contributed by atoms with Gasteiger partial charge in [0.05, 0.1) is 0 Å². The van der Waals surface area contributed by atoms with E-state index in [-0.39, 0.29) is 74.7 Å². The van der Waals surface area contributed by atoms with Crippen molar-refractivity contribution in [2.75, 3.05) is 0 Å². The molecule has 0 N–H and O–H groups in total. The summed E-state index contributed by atoms with van der Waals surface area (Å²) < 4.78 is 0. The molecule has 0 radical (unpaired) electrons. The van der Waals surface area contributed by atoms with E-state index in [1.165, 1.54) is 0 Å². The van der Waals surface area contributed by atoms with Crippen LogP contribution in [-0.2, 0) is 0 Å². The minimum absolute atomic E-state index is 0. The van der Waals surface area contributed by atoms with Crippen LogP contribution in [0.3, 0.4) is 0 Å². The van der Waals surface area contributed by atoms with E-state index in [1.54, 1.807) is 0 Å². The first-order chi connectivity index (χ1) is 0. The van der Waals surface area contributed by atoms with Crippen LogP contribution in [0.4, 0.5) is 0 Å². The summed E-state index contributed by atoms with van der Waals surface area (Å²) in [5.74, 6) is 0. The summed E-state index contributed by atoms with van der Waals surface area (Å²) in [6, 6.07) is 0. The Hall–Kier alpha value is 2.18. The smallest absolute Gasteiger partial charge is 1.00 e. The van der Waals surface area contributed by atoms with E-state index >= 15 is 0 Å². The predicted molar refractivity (Wildman–Crippen MR) is 8.36 cm³/mol. The van der Waals surface area contributed by atoms with E-state index in [2.05, 4.69) is 0 Å². The molecule has 0 aromatic rings. The average Bonchev–Trinajstić information content (AvgIpc) is 0. The molecule has 0 saturated heterocycles. The van der Waals surface area contributed by atoms with Crippen LogP contribution in [0.1, 0.15) is 1.43 Å². The summed E-state index contributed by atoms with van der Waals surface area (Å²) >= 11 is 0. The molecule has 0 unspecified atom stereocenters. The van der Waals surface area contributed by atoms with Gasteiger partial charge in [0, 0.05) is 0 Å². The number of hydrogen-bond acceptors (Lipinski definition) is 0. The second-order valence-corrected chi connectivity index (χ2v) is 0. The van der Waals surface area contributed by atoms with Crippen molar-refractivity contribution in [1.82, 2.24) is 0 Å². The van der Waals surface area contributed by atoms with Crippen molar-refractivity contribution in [2.24, 2.45) is 0 Å². The standard InChI is InChI=1S/2ClH.Li.Na.H/h2*1H;;;/q;;2*+1;-1/p-1. The molecule has 18 valence electrons. The third-order valence-electron chi connectivity index (χ3n) is 0. The molecular formula is H2Cl2LiNa. The van der Waals surface area contributed by atoms with Crippen LogP contribution in [-0.4, -0.2) is 0 Å². The Morgan fingerprint density at radius 2 is 1.25 bits per heavy atom. The fraction of sp³-hybridized carbons (Fsp3) is 0. The maximum absolute atomic E-state index is 0. The molecule has 0 aromatic heterocycles. The van der Waals surface area contributed by atoms with E-state index in [0.29, 0.717) is 0 Å². The molecule has 0 nitrogen and oxygen atoms in total. The van der Waals surface area contributed by atoms with Gasteiger partial charge in [-0.05, 0) is 0 Å². The molecule has 4 heteroatoms. The van der Waals surface area contributed by atoms with Crippen LogP contribution in [0.2, 0.25) is 0 Å². The molecule has 0 rings (SSSR count). The molecule has 0 atom stereocenters. The van der Waals surface area contributed by atoms with Crippen LogP contribution in [0.25, 0.3) is 0 Å². The molecule has 0 aromatic carbocycles. The average molecular weight is 103 g/mol. The number of halogens is 2. The Kier molecular flexibility index (Phi) is 166. The molecule has 0 aliphatic rings. The van der Waals surface area contributed by atoms with Crippen LogP contribution < -0.4 is 60.8 Å². The first-order valence-corrected chi connectivity index (χ1v) is 0. The monoisotopic (exact) mass is 102 g/mol. The third-order valence-corrected chi connectivity index (χ3v) is 0. The Bertz CT molecular complexity index is 9.61. The molecule has 0 heterocycles. The number of rotatable bonds is 0. The minimum Gasteiger partial charge on any atom is -1.00 e. The summed E-state index contributed by atoms with van der Waals surface area (Å²) in [4.78, 5) is 0. The van der Waals surface area contributed by atoms with Crippen molar-refractivity contribution in [1.29, 1.82) is 0 Å². The van der Waals surface area contributed by atoms with Crippen LogP contribution in [0.5, 0.6) is 0 Å². The fourth-order valence-corrected chi connectivity index (χ4v) is 0. The van der Waals surface area contributed by atoms with Crippen LogP contribution in [0, 0.1) is 0 Å². The van der Waals surface area contributed by atoms with Gasteiger partial charge in [-0.15, -0.1) is 12.4 Å². The van der Waals surface area contributed by atoms with Gasteiger partial charge in [-0.25, -0.2) is 0 Å². The minimum atomic E-state index is 0. The molecule has 0 saturated carbocycles. The molecule has 0 amide bonds. The van der Waals surface area contributed by atoms with Crippen molar-refractivity contribution in [2.45, 2.75) is 0 Å². The molecule has 0 aliphatic carbocycles. The van der Waals surface area contributed by atoms with Crippen molar-refractivity contribution in [3.8, 4) is 0 Å². The Morgan fingerprint density at radius 3 is 1.25 bits per heavy atom. The molecule has 0 spiro atoms. The van der Waals surface area contributed by atoms with Gasteiger partial charge in [0.1, 0.15) is 0 Å². The predicted octanol–water partition coefficient (Wildman–Crippen LogP) is -8.45. The zero-order valence-electron chi connectivity index (χ0n) is 3.79. The van der Waals surface area contributed by atoms with Gasteiger partial charge in [0.15, 0.2) is 0 Å². The van der Waals surface area contributed by atoms with Crippen molar-refractivity contribution < 1.29 is 62.3 Å². The Labute approximate surface area is 73.9 Å². The van der Waals surface area contributed by atoms with E-state index in [1.807, 2.05) is 0 Å². The normalized spacial score (nSPS) is 0. The largest absolute Gasteiger partial charge is 1.00 e. The zero-order valence-corrected chi connectivity index (χ0v) is 6.36. The van der Waals surface area contributed by atoms with Gasteiger partial charge in [-0.1, -0.05) is 0 Å². The summed E-state index contributed by atoms with van der Waals surface area (Å²) in [6.07, 6.45) is 0. The molecule has 0 aliphatic heterocycles. The van der Waals surface area contributed by atoms with Gasteiger partial charge in [0.2, 0.25) is 0 Å². The number of hydrogen-bond donors (Lipinski definition) is 0. The summed E-state index contributed by atoms with van der Waals surface area (Å²) in [5.41, 5.74) is 0. The van der Waals surface area contributed by atoms with Gasteiger partial charge in [-0.2, -0.15) is 0 Å². The molecular weight excluding hydrogens is 101 g/mol. The van der Waals surface area contributed by atoms with Gasteiger partial charge < -0.3 is 13.8 Å². The quantitative estimate of drug-likeness (QED) is 0.267. The molecule has 0 fully saturated rings. The third kappa shape index (κ3) is 8.90. The van der Waals surface area contributed by atoms with Gasteiger partial charge in [0.25, 0.3) is 0 Å².